The van der Waals surface area contributed by atoms with Crippen LogP contribution in [0, 0.1) is 0 Å². The van der Waals surface area contributed by atoms with Crippen molar-refractivity contribution >= 4 is 0 Å². The van der Waals surface area contributed by atoms with Gasteiger partial charge in [0.05, 0.1) is 6.10 Å². The van der Waals surface area contributed by atoms with Crippen LogP contribution in [0.1, 0.15) is 20.3 Å². The Balaban J connectivity index is 1.94. The Morgan fingerprint density at radius 2 is 1.94 bits per heavy atom. The second-order valence-corrected chi connectivity index (χ2v) is 5.17. The molecule has 0 aromatic rings. The zero-order valence-corrected chi connectivity index (χ0v) is 11.7. The number of nitrogens with zero attached hydrogens (tertiary/aromatic N) is 2. The van der Waals surface area contributed by atoms with Crippen LogP contribution in [-0.2, 0) is 4.74 Å². The van der Waals surface area contributed by atoms with Gasteiger partial charge in [-0.3, -0.25) is 4.90 Å². The summed E-state index contributed by atoms with van der Waals surface area (Å²) in [6.07, 6.45) is 1.50. The third-order valence-corrected chi connectivity index (χ3v) is 3.14. The third kappa shape index (κ3) is 7.71. The van der Waals surface area contributed by atoms with Crippen molar-refractivity contribution in [2.45, 2.75) is 26.4 Å². The van der Waals surface area contributed by atoms with Gasteiger partial charge in [0, 0.05) is 52.4 Å². The van der Waals surface area contributed by atoms with E-state index in [9.17, 15) is 0 Å². The molecule has 0 unspecified atom stereocenters. The van der Waals surface area contributed by atoms with E-state index < -0.39 is 0 Å². The van der Waals surface area contributed by atoms with Crippen LogP contribution in [0.4, 0.5) is 0 Å². The molecular formula is C13H29N3O. The second-order valence-electron chi connectivity index (χ2n) is 5.17. The average Bonchev–Trinajstić information content (AvgIpc) is 2.33. The molecular weight excluding hydrogens is 214 g/mol. The fraction of sp³-hybridized carbons (Fsp3) is 1.00. The smallest absolute Gasteiger partial charge is 0.0518 e. The van der Waals surface area contributed by atoms with Gasteiger partial charge in [-0.1, -0.05) is 0 Å². The van der Waals surface area contributed by atoms with Crippen molar-refractivity contribution in [3.63, 3.8) is 0 Å². The first-order valence-electron chi connectivity index (χ1n) is 6.91. The number of hydrogen-bond acceptors (Lipinski definition) is 4. The minimum atomic E-state index is 0.362. The van der Waals surface area contributed by atoms with Crippen molar-refractivity contribution in [2.24, 2.45) is 0 Å². The Hall–Kier alpha value is -0.160. The highest BCUT2D eigenvalue weighted by Crippen LogP contribution is 1.95. The normalized spacial score (nSPS) is 18.2. The van der Waals surface area contributed by atoms with Gasteiger partial charge in [-0.25, -0.2) is 0 Å². The molecule has 0 amide bonds. The second kappa shape index (κ2) is 8.86. The number of nitrogens with one attached hydrogen (secondary N) is 1. The maximum absolute atomic E-state index is 5.54. The van der Waals surface area contributed by atoms with Crippen LogP contribution >= 0.6 is 0 Å². The predicted molar refractivity (Wildman–Crippen MR) is 72.5 cm³/mol. The number of rotatable bonds is 8. The Morgan fingerprint density at radius 1 is 1.24 bits per heavy atom. The molecule has 0 bridgehead atoms. The van der Waals surface area contributed by atoms with Crippen LogP contribution in [0.2, 0.25) is 0 Å². The van der Waals surface area contributed by atoms with Gasteiger partial charge in [-0.2, -0.15) is 0 Å². The van der Waals surface area contributed by atoms with E-state index in [1.807, 2.05) is 0 Å². The molecule has 1 heterocycles. The standard InChI is InChI=1S/C13H29N3O/c1-13(2)17-12-4-7-15(3)10-11-16-8-5-14-6-9-16/h13-14H,4-12H2,1-3H3. The fourth-order valence-electron chi connectivity index (χ4n) is 2.01. The van der Waals surface area contributed by atoms with Crippen LogP contribution < -0.4 is 5.32 Å². The first-order valence-corrected chi connectivity index (χ1v) is 6.91. The summed E-state index contributed by atoms with van der Waals surface area (Å²) in [4.78, 5) is 4.95. The molecule has 0 saturated carbocycles. The highest BCUT2D eigenvalue weighted by Gasteiger charge is 2.09. The first-order chi connectivity index (χ1) is 8.18. The van der Waals surface area contributed by atoms with Crippen LogP contribution in [-0.4, -0.2) is 75.4 Å². The largest absolute Gasteiger partial charge is 0.379 e. The monoisotopic (exact) mass is 243 g/mol. The van der Waals surface area contributed by atoms with E-state index in [4.69, 9.17) is 4.74 Å². The van der Waals surface area contributed by atoms with Gasteiger partial charge < -0.3 is 15.0 Å². The van der Waals surface area contributed by atoms with E-state index in [1.54, 1.807) is 0 Å². The molecule has 0 atom stereocenters. The molecule has 102 valence electrons. The van der Waals surface area contributed by atoms with Gasteiger partial charge in [-0.05, 0) is 27.3 Å². The molecule has 17 heavy (non-hydrogen) atoms. The Morgan fingerprint density at radius 3 is 2.59 bits per heavy atom. The van der Waals surface area contributed by atoms with Crippen LogP contribution in [0.15, 0.2) is 0 Å². The number of likely N-dealkylation sites (N-methyl/N-ethyl adjacent to an activating group) is 1. The zero-order chi connectivity index (χ0) is 12.5. The lowest BCUT2D eigenvalue weighted by molar-refractivity contribution is 0.0713. The number of ether oxygens (including phenoxy) is 1. The molecule has 1 rings (SSSR count). The lowest BCUT2D eigenvalue weighted by Crippen LogP contribution is -2.46. The SMILES string of the molecule is CC(C)OCCCN(C)CCN1CCNCC1. The van der Waals surface area contributed by atoms with E-state index in [1.165, 1.54) is 26.2 Å². The highest BCUT2D eigenvalue weighted by molar-refractivity contribution is 4.68. The summed E-state index contributed by atoms with van der Waals surface area (Å²) in [7, 11) is 2.21. The van der Waals surface area contributed by atoms with E-state index in [2.05, 4.69) is 36.0 Å². The molecule has 1 aliphatic heterocycles. The lowest BCUT2D eigenvalue weighted by Gasteiger charge is -2.29. The van der Waals surface area contributed by atoms with E-state index in [0.29, 0.717) is 6.10 Å². The maximum atomic E-state index is 5.54. The molecule has 0 aromatic carbocycles. The van der Waals surface area contributed by atoms with E-state index >= 15 is 0 Å². The molecule has 0 aromatic heterocycles. The van der Waals surface area contributed by atoms with Crippen molar-refractivity contribution in [1.29, 1.82) is 0 Å². The lowest BCUT2D eigenvalue weighted by atomic mass is 10.3. The van der Waals surface area contributed by atoms with Gasteiger partial charge in [0.2, 0.25) is 0 Å². The fourth-order valence-corrected chi connectivity index (χ4v) is 2.01. The number of hydrogen-bond donors (Lipinski definition) is 1. The molecule has 0 spiro atoms. The average molecular weight is 243 g/mol. The Labute approximate surface area is 106 Å². The molecule has 1 N–H and O–H groups in total. The summed E-state index contributed by atoms with van der Waals surface area (Å²) in [5.41, 5.74) is 0. The van der Waals surface area contributed by atoms with Gasteiger partial charge in [0.15, 0.2) is 0 Å². The Kier molecular flexibility index (Phi) is 7.77. The first kappa shape index (κ1) is 14.9. The van der Waals surface area contributed by atoms with E-state index in [-0.39, 0.29) is 0 Å². The van der Waals surface area contributed by atoms with Crippen LogP contribution in [0.3, 0.4) is 0 Å². The van der Waals surface area contributed by atoms with Crippen molar-refractivity contribution < 1.29 is 4.74 Å². The van der Waals surface area contributed by atoms with Crippen molar-refractivity contribution in [3.05, 3.63) is 0 Å². The van der Waals surface area contributed by atoms with Gasteiger partial charge in [0.1, 0.15) is 0 Å². The summed E-state index contributed by atoms with van der Waals surface area (Å²) in [6, 6.07) is 0. The molecule has 4 nitrogen and oxygen atoms in total. The minimum Gasteiger partial charge on any atom is -0.379 e. The van der Waals surface area contributed by atoms with Gasteiger partial charge in [0.25, 0.3) is 0 Å². The topological polar surface area (TPSA) is 27.7 Å². The van der Waals surface area contributed by atoms with Crippen molar-refractivity contribution in [3.8, 4) is 0 Å². The summed E-state index contributed by atoms with van der Waals surface area (Å²) < 4.78 is 5.54. The summed E-state index contributed by atoms with van der Waals surface area (Å²) in [5.74, 6) is 0. The molecule has 4 heteroatoms. The Bertz CT molecular complexity index is 182. The predicted octanol–water partition coefficient (Wildman–Crippen LogP) is 0.639. The van der Waals surface area contributed by atoms with Gasteiger partial charge in [-0.15, -0.1) is 0 Å². The quantitative estimate of drug-likeness (QED) is 0.633. The zero-order valence-electron chi connectivity index (χ0n) is 11.7. The van der Waals surface area contributed by atoms with Gasteiger partial charge >= 0.3 is 0 Å². The molecule has 1 fully saturated rings. The summed E-state index contributed by atoms with van der Waals surface area (Å²) >= 11 is 0. The van der Waals surface area contributed by atoms with E-state index in [0.717, 1.165) is 32.7 Å². The van der Waals surface area contributed by atoms with Crippen molar-refractivity contribution in [2.75, 3.05) is 59.5 Å². The summed E-state index contributed by atoms with van der Waals surface area (Å²) in [6.45, 7) is 13.3. The van der Waals surface area contributed by atoms with Crippen LogP contribution in [0.25, 0.3) is 0 Å². The molecule has 0 radical (unpaired) electrons. The molecule has 0 aliphatic carbocycles. The minimum absolute atomic E-state index is 0.362. The highest BCUT2D eigenvalue weighted by atomic mass is 16.5. The third-order valence-electron chi connectivity index (χ3n) is 3.14. The number of piperazine rings is 1. The molecule has 1 aliphatic rings. The maximum Gasteiger partial charge on any atom is 0.0518 e. The summed E-state index contributed by atoms with van der Waals surface area (Å²) in [5, 5.41) is 3.38. The van der Waals surface area contributed by atoms with Crippen molar-refractivity contribution in [1.82, 2.24) is 15.1 Å². The van der Waals surface area contributed by atoms with Crippen LogP contribution in [0.5, 0.6) is 0 Å². The molecule has 1 saturated heterocycles.